The zero-order valence-electron chi connectivity index (χ0n) is 15.2. The monoisotopic (exact) mass is 373 g/mol. The molecule has 0 unspecified atom stereocenters. The number of hydrogen-bond donors (Lipinski definition) is 2. The fraction of sp³-hybridized carbons (Fsp3) is 0.333. The molecule has 0 fully saturated rings. The number of imidazole rings is 1. The number of benzene rings is 1. The van der Waals surface area contributed by atoms with Gasteiger partial charge in [0.25, 0.3) is 0 Å². The number of aromatic nitrogens is 2. The summed E-state index contributed by atoms with van der Waals surface area (Å²) in [6.07, 6.45) is 4.03. The second kappa shape index (κ2) is 8.57. The first-order valence-corrected chi connectivity index (χ1v) is 9.25. The van der Waals surface area contributed by atoms with Crippen LogP contribution in [-0.4, -0.2) is 36.1 Å². The van der Waals surface area contributed by atoms with E-state index >= 15 is 0 Å². The number of methoxy groups -OCH3 is 2. The van der Waals surface area contributed by atoms with E-state index in [1.165, 1.54) is 0 Å². The Morgan fingerprint density at radius 2 is 2.15 bits per heavy atom. The Labute approximate surface area is 156 Å². The largest absolute Gasteiger partial charge is 0.497 e. The fourth-order valence-corrected chi connectivity index (χ4v) is 3.24. The highest BCUT2D eigenvalue weighted by Gasteiger charge is 2.07. The third-order valence-corrected chi connectivity index (χ3v) is 4.60. The van der Waals surface area contributed by atoms with E-state index in [0.717, 1.165) is 40.2 Å². The minimum Gasteiger partial charge on any atom is -0.497 e. The molecule has 0 atom stereocenters. The highest BCUT2D eigenvalue weighted by molar-refractivity contribution is 7.15. The van der Waals surface area contributed by atoms with Gasteiger partial charge in [-0.2, -0.15) is 0 Å². The quantitative estimate of drug-likeness (QED) is 0.492. The lowest BCUT2D eigenvalue weighted by Gasteiger charge is -2.12. The average Bonchev–Trinajstić information content (AvgIpc) is 3.25. The molecule has 8 heteroatoms. The Kier molecular flexibility index (Phi) is 5.96. The molecule has 26 heavy (non-hydrogen) atoms. The van der Waals surface area contributed by atoms with Crippen molar-refractivity contribution in [3.8, 4) is 11.5 Å². The van der Waals surface area contributed by atoms with Crippen LogP contribution in [-0.2, 0) is 13.1 Å². The van der Waals surface area contributed by atoms with Crippen molar-refractivity contribution in [3.05, 3.63) is 47.2 Å². The van der Waals surface area contributed by atoms with Crippen molar-refractivity contribution in [2.45, 2.75) is 20.0 Å². The van der Waals surface area contributed by atoms with Crippen molar-refractivity contribution in [1.82, 2.24) is 20.0 Å². The van der Waals surface area contributed by atoms with E-state index in [0.29, 0.717) is 13.1 Å². The molecule has 3 aromatic rings. The third-order valence-electron chi connectivity index (χ3n) is 3.83. The highest BCUT2D eigenvalue weighted by atomic mass is 32.1. The molecule has 0 spiro atoms. The van der Waals surface area contributed by atoms with Gasteiger partial charge in [-0.15, -0.1) is 11.3 Å². The van der Waals surface area contributed by atoms with Crippen LogP contribution in [0.1, 0.15) is 18.2 Å². The van der Waals surface area contributed by atoms with Gasteiger partial charge in [0.1, 0.15) is 11.5 Å². The van der Waals surface area contributed by atoms with Gasteiger partial charge in [0.15, 0.2) is 10.9 Å². The predicted molar refractivity (Wildman–Crippen MR) is 104 cm³/mol. The van der Waals surface area contributed by atoms with E-state index in [-0.39, 0.29) is 0 Å². The molecular weight excluding hydrogens is 350 g/mol. The normalized spacial score (nSPS) is 11.6. The molecule has 0 bridgehead atoms. The summed E-state index contributed by atoms with van der Waals surface area (Å²) < 4.78 is 12.7. The van der Waals surface area contributed by atoms with Gasteiger partial charge in [0.2, 0.25) is 0 Å². The maximum Gasteiger partial charge on any atom is 0.193 e. The highest BCUT2D eigenvalue weighted by Crippen LogP contribution is 2.25. The maximum atomic E-state index is 5.43. The molecule has 3 rings (SSSR count). The summed E-state index contributed by atoms with van der Waals surface area (Å²) in [6.45, 7) is 3.93. The summed E-state index contributed by atoms with van der Waals surface area (Å²) in [5.41, 5.74) is 1.97. The number of nitrogens with one attached hydrogen (secondary N) is 2. The summed E-state index contributed by atoms with van der Waals surface area (Å²) >= 11 is 1.62. The van der Waals surface area contributed by atoms with E-state index in [2.05, 4.69) is 20.6 Å². The molecule has 0 saturated heterocycles. The number of guanidine groups is 1. The van der Waals surface area contributed by atoms with Crippen LogP contribution in [0.4, 0.5) is 0 Å². The number of aliphatic imine (C=N–C) groups is 1. The Morgan fingerprint density at radius 1 is 1.27 bits per heavy atom. The van der Waals surface area contributed by atoms with Gasteiger partial charge in [-0.1, -0.05) is 0 Å². The van der Waals surface area contributed by atoms with E-state index in [9.17, 15) is 0 Å². The fourth-order valence-electron chi connectivity index (χ4n) is 2.52. The van der Waals surface area contributed by atoms with Crippen molar-refractivity contribution in [2.75, 3.05) is 20.8 Å². The van der Waals surface area contributed by atoms with Crippen LogP contribution in [0.3, 0.4) is 0 Å². The zero-order valence-corrected chi connectivity index (χ0v) is 16.0. The Bertz CT molecular complexity index is 858. The van der Waals surface area contributed by atoms with Gasteiger partial charge in [-0.25, -0.2) is 9.98 Å². The van der Waals surface area contributed by atoms with Crippen LogP contribution in [0.5, 0.6) is 11.5 Å². The van der Waals surface area contributed by atoms with Crippen LogP contribution >= 0.6 is 11.3 Å². The SMILES string of the molecule is CCNC(=NCc1ccc(OC)cc1OC)NCc1cn2ccsc2n1. The number of hydrogen-bond acceptors (Lipinski definition) is 5. The molecule has 0 radical (unpaired) electrons. The van der Waals surface area contributed by atoms with E-state index in [1.54, 1.807) is 25.6 Å². The standard InChI is InChI=1S/C18H23N5O2S/c1-4-19-17(21-11-14-12-23-7-8-26-18(23)22-14)20-10-13-5-6-15(24-2)9-16(13)25-3/h5-9,12H,4,10-11H2,1-3H3,(H2,19,20,21). The van der Waals surface area contributed by atoms with Gasteiger partial charge in [0.05, 0.1) is 33.0 Å². The summed E-state index contributed by atoms with van der Waals surface area (Å²) in [5.74, 6) is 2.26. The van der Waals surface area contributed by atoms with Crippen LogP contribution in [0.15, 0.2) is 41.0 Å². The van der Waals surface area contributed by atoms with Crippen LogP contribution in [0.2, 0.25) is 0 Å². The van der Waals surface area contributed by atoms with E-state index < -0.39 is 0 Å². The minimum absolute atomic E-state index is 0.501. The van der Waals surface area contributed by atoms with E-state index in [4.69, 9.17) is 9.47 Å². The molecule has 138 valence electrons. The number of nitrogens with zero attached hydrogens (tertiary/aromatic N) is 3. The predicted octanol–water partition coefficient (Wildman–Crippen LogP) is 2.67. The van der Waals surface area contributed by atoms with Crippen molar-refractivity contribution in [3.63, 3.8) is 0 Å². The van der Waals surface area contributed by atoms with Gasteiger partial charge >= 0.3 is 0 Å². The van der Waals surface area contributed by atoms with Crippen molar-refractivity contribution >= 4 is 22.3 Å². The van der Waals surface area contributed by atoms with Crippen LogP contribution < -0.4 is 20.1 Å². The molecule has 1 aromatic carbocycles. The number of ether oxygens (including phenoxy) is 2. The lowest BCUT2D eigenvalue weighted by molar-refractivity contribution is 0.391. The molecule has 2 aromatic heterocycles. The molecule has 2 heterocycles. The van der Waals surface area contributed by atoms with Gasteiger partial charge in [-0.3, -0.25) is 4.40 Å². The Hall–Kier alpha value is -2.74. The Balaban J connectivity index is 1.67. The van der Waals surface area contributed by atoms with Crippen molar-refractivity contribution in [2.24, 2.45) is 4.99 Å². The lowest BCUT2D eigenvalue weighted by Crippen LogP contribution is -2.36. The molecule has 0 amide bonds. The minimum atomic E-state index is 0.501. The van der Waals surface area contributed by atoms with E-state index in [1.807, 2.05) is 47.3 Å². The average molecular weight is 373 g/mol. The first-order valence-electron chi connectivity index (χ1n) is 8.37. The first kappa shape index (κ1) is 18.1. The van der Waals surface area contributed by atoms with Crippen LogP contribution in [0.25, 0.3) is 4.96 Å². The lowest BCUT2D eigenvalue weighted by atomic mass is 10.2. The molecule has 0 aliphatic heterocycles. The van der Waals surface area contributed by atoms with Gasteiger partial charge < -0.3 is 20.1 Å². The summed E-state index contributed by atoms with van der Waals surface area (Å²) in [7, 11) is 3.29. The summed E-state index contributed by atoms with van der Waals surface area (Å²) in [6, 6.07) is 5.74. The zero-order chi connectivity index (χ0) is 18.4. The van der Waals surface area contributed by atoms with Gasteiger partial charge in [0, 0.05) is 35.9 Å². The van der Waals surface area contributed by atoms with Crippen molar-refractivity contribution < 1.29 is 9.47 Å². The topological polar surface area (TPSA) is 72.2 Å². The molecule has 0 aliphatic rings. The third kappa shape index (κ3) is 4.26. The smallest absolute Gasteiger partial charge is 0.193 e. The second-order valence-electron chi connectivity index (χ2n) is 5.55. The van der Waals surface area contributed by atoms with Gasteiger partial charge in [-0.05, 0) is 19.1 Å². The van der Waals surface area contributed by atoms with Crippen LogP contribution in [0, 0.1) is 0 Å². The molecular formula is C18H23N5O2S. The maximum absolute atomic E-state index is 5.43. The molecule has 2 N–H and O–H groups in total. The Morgan fingerprint density at radius 3 is 2.88 bits per heavy atom. The molecule has 0 saturated carbocycles. The number of fused-ring (bicyclic) bond motifs is 1. The molecule has 7 nitrogen and oxygen atoms in total. The van der Waals surface area contributed by atoms with Crippen molar-refractivity contribution in [1.29, 1.82) is 0 Å². The second-order valence-corrected chi connectivity index (χ2v) is 6.42. The number of rotatable bonds is 7. The molecule has 0 aliphatic carbocycles. The summed E-state index contributed by atoms with van der Waals surface area (Å²) in [4.78, 5) is 10.2. The summed E-state index contributed by atoms with van der Waals surface area (Å²) in [5, 5.41) is 8.59. The number of thiazole rings is 1. The first-order chi connectivity index (χ1) is 12.7.